The molecule has 0 aromatic heterocycles. The van der Waals surface area contributed by atoms with Crippen molar-refractivity contribution < 1.29 is 51.8 Å². The molecule has 1 radical (unpaired) electrons. The fraction of sp³-hybridized carbons (Fsp3) is 0.458. The molecule has 2 N–H and O–H groups in total. The predicted molar refractivity (Wildman–Crippen MR) is 232 cm³/mol. The van der Waals surface area contributed by atoms with Gasteiger partial charge in [-0.15, -0.1) is 0 Å². The summed E-state index contributed by atoms with van der Waals surface area (Å²) in [6.07, 6.45) is 17.9. The van der Waals surface area contributed by atoms with Gasteiger partial charge in [0.2, 0.25) is 0 Å². The van der Waals surface area contributed by atoms with Crippen LogP contribution >= 0.6 is 7.81 Å². The van der Waals surface area contributed by atoms with E-state index in [1.165, 1.54) is 22.3 Å². The van der Waals surface area contributed by atoms with Gasteiger partial charge in [-0.1, -0.05) is 129 Å². The molecule has 1 fully saturated rings. The van der Waals surface area contributed by atoms with Gasteiger partial charge < -0.3 is 10.6 Å². The minimum Gasteiger partial charge on any atom is 0 e. The van der Waals surface area contributed by atoms with Gasteiger partial charge in [-0.05, 0) is 95.9 Å². The molecule has 1 saturated carbocycles. The fourth-order valence-corrected chi connectivity index (χ4v) is 8.09. The topological polar surface area (TPSA) is 58.2 Å². The van der Waals surface area contributed by atoms with E-state index in [0.29, 0.717) is 11.1 Å². The van der Waals surface area contributed by atoms with Gasteiger partial charge in [-0.2, -0.15) is 0 Å². The van der Waals surface area contributed by atoms with E-state index in [1.807, 2.05) is 24.6 Å². The van der Waals surface area contributed by atoms with Gasteiger partial charge in [0.15, 0.2) is 11.6 Å². The molecule has 4 atom stereocenters. The van der Waals surface area contributed by atoms with Crippen LogP contribution in [0.3, 0.4) is 0 Å². The van der Waals surface area contributed by atoms with Crippen molar-refractivity contribution in [1.82, 2.24) is 10.6 Å². The summed E-state index contributed by atoms with van der Waals surface area (Å²) in [4.78, 5) is 28.1. The van der Waals surface area contributed by atoms with Gasteiger partial charge in [0.1, 0.15) is 0 Å². The number of Topliss-reactive ketones (excluding diaryl/α,β-unsaturated/α-hetero) is 2. The molecule has 12 heteroatoms. The third-order valence-corrected chi connectivity index (χ3v) is 11.4. The normalized spacial score (nSPS) is 22.4. The summed E-state index contributed by atoms with van der Waals surface area (Å²) in [7, 11) is -10.7. The van der Waals surface area contributed by atoms with E-state index in [1.54, 1.807) is 0 Å². The van der Waals surface area contributed by atoms with Crippen LogP contribution in [-0.4, -0.2) is 23.7 Å². The Labute approximate surface area is 363 Å². The number of benzene rings is 2. The van der Waals surface area contributed by atoms with Crippen LogP contribution in [0.15, 0.2) is 119 Å². The van der Waals surface area contributed by atoms with Crippen molar-refractivity contribution in [3.8, 4) is 0 Å². The third kappa shape index (κ3) is 14.5. The molecule has 3 aliphatic rings. The van der Waals surface area contributed by atoms with Crippen molar-refractivity contribution in [3.05, 3.63) is 141 Å². The standard InChI is InChI=1S/C48H62N2O2.F6P.Mn/c1-11-39(33-21-25-37(26-22-33)47(5,6)7)43-31(3)17-19-35(45(43)51)29-49-41-15-13-14-16-42(41)50-30-36-20-18-32(4)44(46(36)52)40(12-2)34-23-27-38(28-24-34)48(8,9)10;1-7(2,3,4,5)6;/h17-30,39-42,49-50H,11-16H2,1-10H3;;/q;-1;/b35-29-,36-30-;;/t39-,40-,41+,42+;;/m1../s1. The van der Waals surface area contributed by atoms with E-state index in [0.717, 1.165) is 60.8 Å². The molecule has 0 aliphatic heterocycles. The maximum absolute atomic E-state index is 14.1. The van der Waals surface area contributed by atoms with Crippen LogP contribution < -0.4 is 10.6 Å². The number of nitrogens with one attached hydrogen (secondary N) is 2. The summed E-state index contributed by atoms with van der Waals surface area (Å²) < 4.78 is 59.2. The summed E-state index contributed by atoms with van der Waals surface area (Å²) in [5, 5.41) is 7.29. The molecule has 3 aliphatic carbocycles. The molecule has 331 valence electrons. The second-order valence-corrected chi connectivity index (χ2v) is 20.1. The molecule has 60 heavy (non-hydrogen) atoms. The maximum Gasteiger partial charge on any atom is 0 e. The smallest absolute Gasteiger partial charge is 0 e. The number of hydrogen-bond acceptors (Lipinski definition) is 4. The van der Waals surface area contributed by atoms with Gasteiger partial charge in [0.25, 0.3) is 0 Å². The molecule has 4 nitrogen and oxygen atoms in total. The Balaban J connectivity index is 0.00000110. The Morgan fingerprint density at radius 1 is 0.600 bits per heavy atom. The molecule has 0 amide bonds. The molecule has 0 spiro atoms. The Morgan fingerprint density at radius 2 is 0.900 bits per heavy atom. The van der Waals surface area contributed by atoms with Crippen LogP contribution in [0.1, 0.15) is 142 Å². The molecule has 0 saturated heterocycles. The zero-order chi connectivity index (χ0) is 44.2. The van der Waals surface area contributed by atoms with Crippen molar-refractivity contribution in [2.45, 2.75) is 143 Å². The van der Waals surface area contributed by atoms with Crippen molar-refractivity contribution in [2.24, 2.45) is 0 Å². The SMILES string of the molecule is CC[C@@H](C1=C(C)C=C/C(=C/N[C@H]2CCCC[C@@H]2N/C=C2/C=CC(C)=C([C@H](CC)c3ccc(C(C)(C)C)cc3)C2=O)C1=O)c1ccc(C(C)(C)C)cc1.F[P-](F)(F)(F)(F)F.[Mn]. The van der Waals surface area contributed by atoms with Crippen molar-refractivity contribution in [2.75, 3.05) is 0 Å². The van der Waals surface area contributed by atoms with E-state index in [-0.39, 0.29) is 63.4 Å². The Bertz CT molecular complexity index is 1920. The van der Waals surface area contributed by atoms with Crippen LogP contribution in [-0.2, 0) is 37.5 Å². The third-order valence-electron chi connectivity index (χ3n) is 11.4. The van der Waals surface area contributed by atoms with Crippen LogP contribution in [0, 0.1) is 0 Å². The minimum absolute atomic E-state index is 0. The van der Waals surface area contributed by atoms with Gasteiger partial charge in [-0.3, -0.25) is 9.59 Å². The van der Waals surface area contributed by atoms with Gasteiger partial charge in [0.05, 0.1) is 0 Å². The summed E-state index contributed by atoms with van der Waals surface area (Å²) in [6.45, 7) is 21.8. The van der Waals surface area contributed by atoms with E-state index in [2.05, 4.69) is 141 Å². The van der Waals surface area contributed by atoms with Gasteiger partial charge in [-0.25, -0.2) is 0 Å². The first-order valence-electron chi connectivity index (χ1n) is 20.7. The molecule has 0 unspecified atom stereocenters. The van der Waals surface area contributed by atoms with Crippen LogP contribution in [0.2, 0.25) is 0 Å². The number of rotatable bonds is 10. The molecular weight excluding hydrogens is 836 g/mol. The minimum atomic E-state index is -10.7. The van der Waals surface area contributed by atoms with Gasteiger partial charge in [0, 0.05) is 75.7 Å². The first-order chi connectivity index (χ1) is 27.1. The molecule has 5 rings (SSSR count). The summed E-state index contributed by atoms with van der Waals surface area (Å²) in [6, 6.07) is 17.9. The molecule has 2 aromatic carbocycles. The summed E-state index contributed by atoms with van der Waals surface area (Å²) in [5.74, 6) is 0.300. The Hall–Kier alpha value is -3.65. The van der Waals surface area contributed by atoms with Crippen LogP contribution in [0.25, 0.3) is 0 Å². The van der Waals surface area contributed by atoms with E-state index in [9.17, 15) is 34.8 Å². The number of allylic oxidation sites excluding steroid dienone is 10. The number of carbonyl (C=O) groups excluding carboxylic acids is 2. The van der Waals surface area contributed by atoms with E-state index < -0.39 is 7.81 Å². The number of hydrogen-bond donors (Lipinski definition) is 2. The fourth-order valence-electron chi connectivity index (χ4n) is 8.09. The average molecular weight is 899 g/mol. The zero-order valence-corrected chi connectivity index (χ0v) is 38.6. The maximum atomic E-state index is 14.1. The average Bonchev–Trinajstić information content (AvgIpc) is 3.13. The largest absolute Gasteiger partial charge is 0 e. The first kappa shape index (κ1) is 50.7. The van der Waals surface area contributed by atoms with Crippen LogP contribution in [0.4, 0.5) is 25.2 Å². The molecule has 0 bridgehead atoms. The van der Waals surface area contributed by atoms with Crippen molar-refractivity contribution >= 4 is 19.4 Å². The van der Waals surface area contributed by atoms with E-state index >= 15 is 0 Å². The summed E-state index contributed by atoms with van der Waals surface area (Å²) >= 11 is 0. The molecule has 0 heterocycles. The number of halogens is 6. The number of carbonyl (C=O) groups is 2. The second kappa shape index (κ2) is 18.8. The molecule has 2 aromatic rings. The van der Waals surface area contributed by atoms with Crippen molar-refractivity contribution in [1.29, 1.82) is 0 Å². The van der Waals surface area contributed by atoms with Crippen LogP contribution in [0.5, 0.6) is 0 Å². The summed E-state index contributed by atoms with van der Waals surface area (Å²) in [5.41, 5.74) is 10.4. The van der Waals surface area contributed by atoms with Gasteiger partial charge >= 0.3 is 33.0 Å². The number of ketones is 2. The Kier molecular flexibility index (Phi) is 15.9. The Morgan fingerprint density at radius 3 is 1.17 bits per heavy atom. The first-order valence-corrected chi connectivity index (χ1v) is 22.7. The second-order valence-electron chi connectivity index (χ2n) is 18.2. The van der Waals surface area contributed by atoms with Crippen molar-refractivity contribution in [3.63, 3.8) is 0 Å². The molecular formula is C48H62F6MnN2O2P-. The van der Waals surface area contributed by atoms with E-state index in [4.69, 9.17) is 0 Å². The zero-order valence-electron chi connectivity index (χ0n) is 36.5. The quantitative estimate of drug-likeness (QED) is 0.108. The predicted octanol–water partition coefficient (Wildman–Crippen LogP) is 14.5. The monoisotopic (exact) mass is 898 g/mol.